The van der Waals surface area contributed by atoms with Crippen molar-refractivity contribution >= 4 is 5.69 Å². The first-order valence-electron chi connectivity index (χ1n) is 6.18. The first-order chi connectivity index (χ1) is 11.0. The summed E-state index contributed by atoms with van der Waals surface area (Å²) in [5.41, 5.74) is -2.47. The SMILES string of the molecule is O=[N+]([O-])c1cc(-c2cccc(OC(F)(F)F)c2)cc(C(F)(F)F)c1. The van der Waals surface area contributed by atoms with Crippen LogP contribution >= 0.6 is 0 Å². The van der Waals surface area contributed by atoms with Crippen LogP contribution in [0.5, 0.6) is 5.75 Å². The lowest BCUT2D eigenvalue weighted by molar-refractivity contribution is -0.385. The van der Waals surface area contributed by atoms with Gasteiger partial charge in [0.15, 0.2) is 0 Å². The van der Waals surface area contributed by atoms with Crippen molar-refractivity contribution in [2.24, 2.45) is 0 Å². The number of nitro benzene ring substituents is 1. The zero-order chi connectivity index (χ0) is 18.1. The highest BCUT2D eigenvalue weighted by Gasteiger charge is 2.33. The second-order valence-electron chi connectivity index (χ2n) is 4.60. The molecule has 0 unspecified atom stereocenters. The molecule has 0 heterocycles. The second kappa shape index (κ2) is 6.02. The molecule has 0 bridgehead atoms. The summed E-state index contributed by atoms with van der Waals surface area (Å²) in [5.74, 6) is -0.653. The van der Waals surface area contributed by atoms with Crippen molar-refractivity contribution in [1.29, 1.82) is 0 Å². The number of nitro groups is 1. The number of hydrogen-bond donors (Lipinski definition) is 0. The average molecular weight is 351 g/mol. The molecule has 0 N–H and O–H groups in total. The maximum Gasteiger partial charge on any atom is 0.573 e. The van der Waals surface area contributed by atoms with Crippen molar-refractivity contribution in [3.8, 4) is 16.9 Å². The average Bonchev–Trinajstić information content (AvgIpc) is 2.44. The zero-order valence-corrected chi connectivity index (χ0v) is 11.5. The van der Waals surface area contributed by atoms with Gasteiger partial charge in [0.1, 0.15) is 5.75 Å². The van der Waals surface area contributed by atoms with Gasteiger partial charge in [0.2, 0.25) is 0 Å². The Morgan fingerprint density at radius 3 is 2.12 bits per heavy atom. The molecule has 0 aliphatic heterocycles. The molecule has 0 amide bonds. The number of nitrogens with zero attached hydrogens (tertiary/aromatic N) is 1. The Hall–Kier alpha value is -2.78. The van der Waals surface area contributed by atoms with Crippen LogP contribution in [0.3, 0.4) is 0 Å². The lowest BCUT2D eigenvalue weighted by Crippen LogP contribution is -2.17. The molecule has 0 atom stereocenters. The normalized spacial score (nSPS) is 12.1. The lowest BCUT2D eigenvalue weighted by Gasteiger charge is -2.12. The third kappa shape index (κ3) is 4.37. The molecule has 24 heavy (non-hydrogen) atoms. The summed E-state index contributed by atoms with van der Waals surface area (Å²) >= 11 is 0. The van der Waals surface area contributed by atoms with Crippen LogP contribution in [-0.4, -0.2) is 11.3 Å². The minimum Gasteiger partial charge on any atom is -0.406 e. The van der Waals surface area contributed by atoms with E-state index in [1.807, 2.05) is 0 Å². The number of benzene rings is 2. The Labute approximate surface area is 130 Å². The number of alkyl halides is 6. The molecule has 2 aromatic carbocycles. The van der Waals surface area contributed by atoms with Gasteiger partial charge in [-0.15, -0.1) is 13.2 Å². The molecule has 0 aliphatic rings. The summed E-state index contributed by atoms with van der Waals surface area (Å²) in [5, 5.41) is 10.8. The number of ether oxygens (including phenoxy) is 1. The van der Waals surface area contributed by atoms with Crippen molar-refractivity contribution in [2.75, 3.05) is 0 Å². The van der Waals surface area contributed by atoms with Gasteiger partial charge in [-0.05, 0) is 29.3 Å². The van der Waals surface area contributed by atoms with Crippen LogP contribution in [-0.2, 0) is 6.18 Å². The van der Waals surface area contributed by atoms with Crippen molar-refractivity contribution in [1.82, 2.24) is 0 Å². The molecule has 0 spiro atoms. The van der Waals surface area contributed by atoms with Crippen molar-refractivity contribution in [3.05, 3.63) is 58.1 Å². The van der Waals surface area contributed by atoms with E-state index in [-0.39, 0.29) is 11.1 Å². The van der Waals surface area contributed by atoms with Gasteiger partial charge >= 0.3 is 12.5 Å². The van der Waals surface area contributed by atoms with Gasteiger partial charge in [0.05, 0.1) is 10.5 Å². The molecule has 0 saturated carbocycles. The highest BCUT2D eigenvalue weighted by molar-refractivity contribution is 5.69. The highest BCUT2D eigenvalue weighted by atomic mass is 19.4. The van der Waals surface area contributed by atoms with Gasteiger partial charge in [-0.1, -0.05) is 12.1 Å². The van der Waals surface area contributed by atoms with Gasteiger partial charge in [-0.3, -0.25) is 10.1 Å². The number of hydrogen-bond acceptors (Lipinski definition) is 3. The Morgan fingerprint density at radius 1 is 0.917 bits per heavy atom. The predicted octanol–water partition coefficient (Wildman–Crippen LogP) is 5.18. The molecule has 0 aromatic heterocycles. The van der Waals surface area contributed by atoms with Crippen LogP contribution in [0.4, 0.5) is 32.0 Å². The van der Waals surface area contributed by atoms with Crippen LogP contribution in [0.25, 0.3) is 11.1 Å². The Bertz CT molecular complexity index is 770. The Balaban J connectivity index is 2.54. The Morgan fingerprint density at radius 2 is 1.58 bits per heavy atom. The maximum atomic E-state index is 12.8. The number of halogens is 6. The monoisotopic (exact) mass is 351 g/mol. The lowest BCUT2D eigenvalue weighted by atomic mass is 10.0. The summed E-state index contributed by atoms with van der Waals surface area (Å²) in [7, 11) is 0. The van der Waals surface area contributed by atoms with E-state index in [1.54, 1.807) is 0 Å². The Kier molecular flexibility index (Phi) is 4.41. The smallest absolute Gasteiger partial charge is 0.406 e. The molecule has 2 rings (SSSR count). The van der Waals surface area contributed by atoms with E-state index in [9.17, 15) is 36.5 Å². The summed E-state index contributed by atoms with van der Waals surface area (Å²) in [6.45, 7) is 0. The minimum absolute atomic E-state index is 0.0917. The predicted molar refractivity (Wildman–Crippen MR) is 70.2 cm³/mol. The number of non-ortho nitro benzene ring substituents is 1. The second-order valence-corrected chi connectivity index (χ2v) is 4.60. The standard InChI is InChI=1S/C14H7F6NO3/c15-13(16,17)10-4-9(5-11(7-10)21(22)23)8-2-1-3-12(6-8)24-14(18,19)20/h1-7H. The molecule has 0 radical (unpaired) electrons. The summed E-state index contributed by atoms with van der Waals surface area (Å²) in [6.07, 6.45) is -9.82. The van der Waals surface area contributed by atoms with Gasteiger partial charge < -0.3 is 4.74 Å². The van der Waals surface area contributed by atoms with Crippen molar-refractivity contribution in [3.63, 3.8) is 0 Å². The maximum absolute atomic E-state index is 12.8. The molecule has 2 aromatic rings. The molecule has 128 valence electrons. The van der Waals surface area contributed by atoms with E-state index in [2.05, 4.69) is 4.74 Å². The van der Waals surface area contributed by atoms with E-state index < -0.39 is 34.5 Å². The van der Waals surface area contributed by atoms with Crippen LogP contribution in [0.15, 0.2) is 42.5 Å². The first-order valence-corrected chi connectivity index (χ1v) is 6.18. The molecular formula is C14H7F6NO3. The van der Waals surface area contributed by atoms with Crippen molar-refractivity contribution < 1.29 is 36.0 Å². The van der Waals surface area contributed by atoms with Gasteiger partial charge in [0, 0.05) is 12.1 Å². The van der Waals surface area contributed by atoms with E-state index >= 15 is 0 Å². The number of rotatable bonds is 3. The molecular weight excluding hydrogens is 344 g/mol. The van der Waals surface area contributed by atoms with Gasteiger partial charge in [0.25, 0.3) is 5.69 Å². The van der Waals surface area contributed by atoms with Crippen LogP contribution in [0.1, 0.15) is 5.56 Å². The third-order valence-corrected chi connectivity index (χ3v) is 2.86. The fourth-order valence-corrected chi connectivity index (χ4v) is 1.92. The van der Waals surface area contributed by atoms with E-state index in [0.29, 0.717) is 12.1 Å². The molecule has 0 aliphatic carbocycles. The zero-order valence-electron chi connectivity index (χ0n) is 11.5. The quantitative estimate of drug-likeness (QED) is 0.435. The van der Waals surface area contributed by atoms with E-state index in [1.165, 1.54) is 6.07 Å². The third-order valence-electron chi connectivity index (χ3n) is 2.86. The van der Waals surface area contributed by atoms with Crippen molar-refractivity contribution in [2.45, 2.75) is 12.5 Å². The summed E-state index contributed by atoms with van der Waals surface area (Å²) in [4.78, 5) is 9.76. The van der Waals surface area contributed by atoms with Crippen LogP contribution in [0, 0.1) is 10.1 Å². The first kappa shape index (κ1) is 17.6. The fraction of sp³-hybridized carbons (Fsp3) is 0.143. The van der Waals surface area contributed by atoms with Gasteiger partial charge in [-0.2, -0.15) is 13.2 Å². The van der Waals surface area contributed by atoms with Crippen LogP contribution < -0.4 is 4.74 Å². The van der Waals surface area contributed by atoms with Crippen LogP contribution in [0.2, 0.25) is 0 Å². The van der Waals surface area contributed by atoms with E-state index in [0.717, 1.165) is 24.3 Å². The fourth-order valence-electron chi connectivity index (χ4n) is 1.92. The van der Waals surface area contributed by atoms with E-state index in [4.69, 9.17) is 0 Å². The van der Waals surface area contributed by atoms with Gasteiger partial charge in [-0.25, -0.2) is 0 Å². The molecule has 0 fully saturated rings. The highest BCUT2D eigenvalue weighted by Crippen LogP contribution is 2.36. The summed E-state index contributed by atoms with van der Waals surface area (Å²) in [6, 6.07) is 5.93. The minimum atomic E-state index is -4.97. The summed E-state index contributed by atoms with van der Waals surface area (Å²) < 4.78 is 78.8. The topological polar surface area (TPSA) is 52.4 Å². The molecule has 4 nitrogen and oxygen atoms in total. The largest absolute Gasteiger partial charge is 0.573 e. The molecule has 10 heteroatoms. The molecule has 0 saturated heterocycles.